The van der Waals surface area contributed by atoms with Crippen LogP contribution in [-0.2, 0) is 4.79 Å². The molecule has 2 amide bonds. The number of hydrogen-bond donors (Lipinski definition) is 2. The van der Waals surface area contributed by atoms with Gasteiger partial charge in [0.2, 0.25) is 0 Å². The maximum atomic E-state index is 13.3. The second-order valence-corrected chi connectivity index (χ2v) is 9.92. The minimum Gasteiger partial charge on any atom is -0.321 e. The zero-order valence-corrected chi connectivity index (χ0v) is 23.0. The highest BCUT2D eigenvalue weighted by Gasteiger charge is 2.15. The molecule has 5 nitrogen and oxygen atoms in total. The molecule has 40 heavy (non-hydrogen) atoms. The molecule has 0 aromatic heterocycles. The molecule has 4 aromatic rings. The summed E-state index contributed by atoms with van der Waals surface area (Å²) in [6.45, 7) is 4.22. The molecule has 4 aromatic carbocycles. The second kappa shape index (κ2) is 13.4. The van der Waals surface area contributed by atoms with Gasteiger partial charge in [-0.1, -0.05) is 86.1 Å². The molecule has 6 heteroatoms. The van der Waals surface area contributed by atoms with Gasteiger partial charge in [0.15, 0.2) is 5.78 Å². The fourth-order valence-corrected chi connectivity index (χ4v) is 3.97. The van der Waals surface area contributed by atoms with Crippen LogP contribution in [0.3, 0.4) is 0 Å². The van der Waals surface area contributed by atoms with E-state index in [1.54, 1.807) is 72.8 Å². The van der Waals surface area contributed by atoms with Gasteiger partial charge in [0, 0.05) is 21.8 Å². The first-order valence-corrected chi connectivity index (χ1v) is 13.2. The summed E-state index contributed by atoms with van der Waals surface area (Å²) in [5.41, 5.74) is 4.30. The normalized spacial score (nSPS) is 11.4. The Morgan fingerprint density at radius 1 is 0.725 bits per heavy atom. The van der Waals surface area contributed by atoms with Crippen molar-refractivity contribution >= 4 is 47.0 Å². The monoisotopic (exact) mass is 548 g/mol. The first kappa shape index (κ1) is 28.3. The molecule has 0 bridgehead atoms. The molecular weight excluding hydrogens is 520 g/mol. The molecule has 0 atom stereocenters. The van der Waals surface area contributed by atoms with Gasteiger partial charge < -0.3 is 10.6 Å². The smallest absolute Gasteiger partial charge is 0.272 e. The highest BCUT2D eigenvalue weighted by molar-refractivity contribution is 6.30. The van der Waals surface area contributed by atoms with Crippen molar-refractivity contribution in [2.45, 2.75) is 19.8 Å². The Kier molecular flexibility index (Phi) is 9.44. The molecule has 0 aliphatic rings. The maximum Gasteiger partial charge on any atom is 0.272 e. The van der Waals surface area contributed by atoms with Crippen LogP contribution in [0.5, 0.6) is 0 Å². The van der Waals surface area contributed by atoms with E-state index in [1.807, 2.05) is 42.5 Å². The second-order valence-electron chi connectivity index (χ2n) is 9.48. The van der Waals surface area contributed by atoms with Crippen molar-refractivity contribution in [1.29, 1.82) is 0 Å². The summed E-state index contributed by atoms with van der Waals surface area (Å²) in [5.74, 6) is -0.678. The molecule has 0 fully saturated rings. The average molecular weight is 549 g/mol. The van der Waals surface area contributed by atoms with Gasteiger partial charge in [-0.15, -0.1) is 0 Å². The quantitative estimate of drug-likeness (QED) is 0.166. The fourth-order valence-electron chi connectivity index (χ4n) is 3.84. The van der Waals surface area contributed by atoms with E-state index in [9.17, 15) is 14.4 Å². The highest BCUT2D eigenvalue weighted by atomic mass is 35.5. The predicted molar refractivity (Wildman–Crippen MR) is 162 cm³/mol. The van der Waals surface area contributed by atoms with Gasteiger partial charge in [-0.3, -0.25) is 14.4 Å². The van der Waals surface area contributed by atoms with Crippen molar-refractivity contribution in [2.24, 2.45) is 0 Å². The summed E-state index contributed by atoms with van der Waals surface area (Å²) < 4.78 is 0. The molecule has 0 radical (unpaired) electrons. The topological polar surface area (TPSA) is 75.3 Å². The summed E-state index contributed by atoms with van der Waals surface area (Å²) in [4.78, 5) is 38.7. The van der Waals surface area contributed by atoms with E-state index in [0.717, 1.165) is 11.1 Å². The van der Waals surface area contributed by atoms with E-state index in [0.29, 0.717) is 27.8 Å². The van der Waals surface area contributed by atoms with E-state index in [1.165, 1.54) is 11.6 Å². The van der Waals surface area contributed by atoms with Crippen molar-refractivity contribution in [3.8, 4) is 0 Å². The van der Waals surface area contributed by atoms with Crippen LogP contribution < -0.4 is 10.6 Å². The van der Waals surface area contributed by atoms with Crippen molar-refractivity contribution in [3.05, 3.63) is 148 Å². The summed E-state index contributed by atoms with van der Waals surface area (Å²) in [7, 11) is 0. The van der Waals surface area contributed by atoms with Gasteiger partial charge >= 0.3 is 0 Å². The number of allylic oxidation sites excluding steroid dienone is 1. The minimum atomic E-state index is -0.487. The summed E-state index contributed by atoms with van der Waals surface area (Å²) in [6, 6.07) is 30.3. The number of anilines is 1. The van der Waals surface area contributed by atoms with E-state index in [-0.39, 0.29) is 11.5 Å². The molecule has 2 N–H and O–H groups in total. The number of carbonyl (C=O) groups excluding carboxylic acids is 3. The lowest BCUT2D eigenvalue weighted by Gasteiger charge is -2.12. The van der Waals surface area contributed by atoms with Crippen LogP contribution in [0.2, 0.25) is 5.02 Å². The zero-order chi connectivity index (χ0) is 28.5. The van der Waals surface area contributed by atoms with Crippen molar-refractivity contribution in [3.63, 3.8) is 0 Å². The Hall–Kier alpha value is -4.74. The summed E-state index contributed by atoms with van der Waals surface area (Å²) >= 11 is 5.90. The van der Waals surface area contributed by atoms with Crippen molar-refractivity contribution in [1.82, 2.24) is 5.32 Å². The Morgan fingerprint density at radius 3 is 1.98 bits per heavy atom. The van der Waals surface area contributed by atoms with Crippen molar-refractivity contribution < 1.29 is 14.4 Å². The first-order chi connectivity index (χ1) is 19.3. The van der Waals surface area contributed by atoms with E-state index < -0.39 is 11.8 Å². The molecule has 0 aliphatic heterocycles. The number of benzene rings is 4. The van der Waals surface area contributed by atoms with E-state index >= 15 is 0 Å². The lowest BCUT2D eigenvalue weighted by Crippen LogP contribution is -2.30. The molecule has 0 saturated heterocycles. The lowest BCUT2D eigenvalue weighted by atomic mass is 10.0. The summed E-state index contributed by atoms with van der Waals surface area (Å²) in [5, 5.41) is 6.18. The number of hydrogen-bond acceptors (Lipinski definition) is 3. The molecule has 200 valence electrons. The maximum absolute atomic E-state index is 13.3. The highest BCUT2D eigenvalue weighted by Crippen LogP contribution is 2.18. The molecule has 4 rings (SSSR count). The van der Waals surface area contributed by atoms with E-state index in [2.05, 4.69) is 24.5 Å². The number of rotatable bonds is 9. The number of amides is 2. The van der Waals surface area contributed by atoms with Crippen molar-refractivity contribution in [2.75, 3.05) is 5.32 Å². The van der Waals surface area contributed by atoms with Gasteiger partial charge in [0.25, 0.3) is 11.8 Å². The largest absolute Gasteiger partial charge is 0.321 e. The van der Waals surface area contributed by atoms with Gasteiger partial charge in [-0.25, -0.2) is 0 Å². The SMILES string of the molecule is CC(C)c1ccc(/C=C(\NC(=O)c2ccccc2)C(=O)Nc2ccc(C(=O)/C=C/c3ccc(Cl)cc3)cc2)cc1. The molecular formula is C34H29ClN2O3. The minimum absolute atomic E-state index is 0.0946. The standard InChI is InChI=1S/C34H29ClN2O3/c1-23(2)26-13-8-25(9-14-26)22-31(37-33(39)28-6-4-3-5-7-28)34(40)36-30-19-15-27(16-20-30)32(38)21-12-24-10-17-29(35)18-11-24/h3-23H,1-2H3,(H,36,40)(H,37,39)/b21-12+,31-22-. The predicted octanol–water partition coefficient (Wildman–Crippen LogP) is 7.77. The molecule has 0 spiro atoms. The number of halogens is 1. The number of nitrogens with one attached hydrogen (secondary N) is 2. The molecule has 0 aliphatic carbocycles. The molecule has 0 heterocycles. The lowest BCUT2D eigenvalue weighted by molar-refractivity contribution is -0.113. The number of ketones is 1. The average Bonchev–Trinajstić information content (AvgIpc) is 2.97. The van der Waals surface area contributed by atoms with Crippen LogP contribution in [0, 0.1) is 0 Å². The summed E-state index contributed by atoms with van der Waals surface area (Å²) in [6.07, 6.45) is 4.84. The van der Waals surface area contributed by atoms with Gasteiger partial charge in [0.05, 0.1) is 0 Å². The molecule has 0 saturated carbocycles. The first-order valence-electron chi connectivity index (χ1n) is 12.9. The van der Waals surface area contributed by atoms with Crippen LogP contribution in [0.25, 0.3) is 12.2 Å². The number of carbonyl (C=O) groups is 3. The van der Waals surface area contributed by atoms with Gasteiger partial charge in [-0.2, -0.15) is 0 Å². The third-order valence-corrected chi connectivity index (χ3v) is 6.42. The molecule has 0 unspecified atom stereocenters. The van der Waals surface area contributed by atoms with E-state index in [4.69, 9.17) is 11.6 Å². The van der Waals surface area contributed by atoms with Crippen LogP contribution in [0.4, 0.5) is 5.69 Å². The Bertz CT molecular complexity index is 1540. The van der Waals surface area contributed by atoms with Crippen LogP contribution >= 0.6 is 11.6 Å². The van der Waals surface area contributed by atoms with Crippen LogP contribution in [0.1, 0.15) is 57.2 Å². The van der Waals surface area contributed by atoms with Crippen LogP contribution in [0.15, 0.2) is 115 Å². The van der Waals surface area contributed by atoms with Gasteiger partial charge in [0.1, 0.15) is 5.70 Å². The Morgan fingerprint density at radius 2 is 1.35 bits per heavy atom. The fraction of sp³-hybridized carbons (Fsp3) is 0.0882. The van der Waals surface area contributed by atoms with Gasteiger partial charge in [-0.05, 0) is 83.3 Å². The Balaban J connectivity index is 1.50. The zero-order valence-electron chi connectivity index (χ0n) is 22.2. The third kappa shape index (κ3) is 7.88. The third-order valence-electron chi connectivity index (χ3n) is 6.17. The van der Waals surface area contributed by atoms with Crippen LogP contribution in [-0.4, -0.2) is 17.6 Å². The Labute approximate surface area is 239 Å².